The standard InChI is InChI=1S/C22H30O7/c23-16-2-1-3-18(11-16)29-12-17(24)4-5-19-20-9-14(6-7-28-13-22(26)27)8-15(20)10-21(19)25/h1-5,11,14-15,17,19-21,23-25H,6-10,12-13H2,(H,26,27)/t14?,15-,17?,19+,20+,21+/m0/s1. The number of aliphatic carboxylic acids is 1. The Morgan fingerprint density at radius 1 is 1.28 bits per heavy atom. The number of fused-ring (bicyclic) bond motifs is 1. The Morgan fingerprint density at radius 3 is 2.86 bits per heavy atom. The highest BCUT2D eigenvalue weighted by molar-refractivity contribution is 5.67. The van der Waals surface area contributed by atoms with Gasteiger partial charge in [-0.2, -0.15) is 0 Å². The molecule has 0 spiro atoms. The fraction of sp³-hybridized carbons (Fsp3) is 0.591. The molecule has 1 aromatic rings. The number of carboxylic acid groups (broad SMARTS) is 1. The van der Waals surface area contributed by atoms with Gasteiger partial charge in [-0.15, -0.1) is 0 Å². The van der Waals surface area contributed by atoms with E-state index in [1.54, 1.807) is 24.3 Å². The van der Waals surface area contributed by atoms with Gasteiger partial charge in [0, 0.05) is 18.6 Å². The van der Waals surface area contributed by atoms with Crippen LogP contribution < -0.4 is 4.74 Å². The summed E-state index contributed by atoms with van der Waals surface area (Å²) in [7, 11) is 0. The molecular formula is C22H30O7. The number of phenolic OH excluding ortho intramolecular Hbond substituents is 1. The van der Waals surface area contributed by atoms with Gasteiger partial charge < -0.3 is 29.9 Å². The van der Waals surface area contributed by atoms with E-state index in [2.05, 4.69) is 0 Å². The van der Waals surface area contributed by atoms with Crippen molar-refractivity contribution in [1.29, 1.82) is 0 Å². The van der Waals surface area contributed by atoms with Crippen LogP contribution in [0.3, 0.4) is 0 Å². The van der Waals surface area contributed by atoms with Crippen LogP contribution >= 0.6 is 0 Å². The number of aromatic hydroxyl groups is 1. The summed E-state index contributed by atoms with van der Waals surface area (Å²) >= 11 is 0. The topological polar surface area (TPSA) is 116 Å². The van der Waals surface area contributed by atoms with E-state index in [0.29, 0.717) is 30.1 Å². The summed E-state index contributed by atoms with van der Waals surface area (Å²) in [5.74, 6) is 0.989. The van der Waals surface area contributed by atoms with Crippen LogP contribution in [-0.2, 0) is 9.53 Å². The van der Waals surface area contributed by atoms with Gasteiger partial charge in [-0.3, -0.25) is 0 Å². The fourth-order valence-corrected chi connectivity index (χ4v) is 4.75. The van der Waals surface area contributed by atoms with Crippen molar-refractivity contribution < 1.29 is 34.7 Å². The first kappa shape index (κ1) is 21.6. The number of hydrogen-bond donors (Lipinski definition) is 4. The van der Waals surface area contributed by atoms with Crippen molar-refractivity contribution >= 4 is 5.97 Å². The molecule has 2 saturated carbocycles. The van der Waals surface area contributed by atoms with Crippen LogP contribution in [0.2, 0.25) is 0 Å². The van der Waals surface area contributed by atoms with Gasteiger partial charge >= 0.3 is 5.97 Å². The summed E-state index contributed by atoms with van der Waals surface area (Å²) in [4.78, 5) is 10.5. The van der Waals surface area contributed by atoms with Crippen molar-refractivity contribution in [2.45, 2.75) is 37.9 Å². The second-order valence-corrected chi connectivity index (χ2v) is 8.14. The number of rotatable bonds is 10. The molecule has 0 saturated heterocycles. The molecular weight excluding hydrogens is 376 g/mol. The molecule has 1 aromatic carbocycles. The number of carbonyl (C=O) groups is 1. The van der Waals surface area contributed by atoms with Crippen LogP contribution in [0.15, 0.2) is 36.4 Å². The molecule has 2 fully saturated rings. The molecule has 29 heavy (non-hydrogen) atoms. The van der Waals surface area contributed by atoms with E-state index in [1.165, 1.54) is 6.07 Å². The highest BCUT2D eigenvalue weighted by Crippen LogP contribution is 2.51. The lowest BCUT2D eigenvalue weighted by Gasteiger charge is -2.19. The van der Waals surface area contributed by atoms with Crippen LogP contribution in [0.4, 0.5) is 0 Å². The summed E-state index contributed by atoms with van der Waals surface area (Å²) in [5, 5.41) is 38.7. The van der Waals surface area contributed by atoms with Crippen molar-refractivity contribution in [2.75, 3.05) is 19.8 Å². The van der Waals surface area contributed by atoms with Crippen molar-refractivity contribution in [3.8, 4) is 11.5 Å². The lowest BCUT2D eigenvalue weighted by molar-refractivity contribution is -0.142. The van der Waals surface area contributed by atoms with E-state index in [9.17, 15) is 20.1 Å². The van der Waals surface area contributed by atoms with Crippen LogP contribution in [0.5, 0.6) is 11.5 Å². The van der Waals surface area contributed by atoms with E-state index >= 15 is 0 Å². The molecule has 4 N–H and O–H groups in total. The molecule has 0 bridgehead atoms. The Hall–Kier alpha value is -2.09. The van der Waals surface area contributed by atoms with Crippen LogP contribution in [0.25, 0.3) is 0 Å². The second-order valence-electron chi connectivity index (χ2n) is 8.14. The highest BCUT2D eigenvalue weighted by atomic mass is 16.5. The van der Waals surface area contributed by atoms with Crippen molar-refractivity contribution in [2.24, 2.45) is 23.7 Å². The molecule has 0 heterocycles. The van der Waals surface area contributed by atoms with Crippen molar-refractivity contribution in [1.82, 2.24) is 0 Å². The molecule has 2 unspecified atom stereocenters. The highest BCUT2D eigenvalue weighted by Gasteiger charge is 2.46. The largest absolute Gasteiger partial charge is 0.508 e. The third-order valence-corrected chi connectivity index (χ3v) is 6.02. The van der Waals surface area contributed by atoms with E-state index in [4.69, 9.17) is 14.6 Å². The third-order valence-electron chi connectivity index (χ3n) is 6.02. The maximum Gasteiger partial charge on any atom is 0.329 e. The summed E-state index contributed by atoms with van der Waals surface area (Å²) in [6.07, 6.45) is 6.02. The molecule has 2 aliphatic rings. The molecule has 0 radical (unpaired) electrons. The second kappa shape index (κ2) is 10.1. The Bertz CT molecular complexity index is 704. The molecule has 0 aromatic heterocycles. The van der Waals surface area contributed by atoms with Gasteiger partial charge in [0.25, 0.3) is 0 Å². The Balaban J connectivity index is 1.45. The molecule has 3 rings (SSSR count). The number of phenols is 1. The molecule has 0 aliphatic heterocycles. The van der Waals surface area contributed by atoms with Crippen molar-refractivity contribution in [3.63, 3.8) is 0 Å². The smallest absolute Gasteiger partial charge is 0.329 e. The number of carboxylic acids is 1. The summed E-state index contributed by atoms with van der Waals surface area (Å²) in [6.45, 7) is 0.261. The van der Waals surface area contributed by atoms with Crippen molar-refractivity contribution in [3.05, 3.63) is 36.4 Å². The van der Waals surface area contributed by atoms with E-state index in [0.717, 1.165) is 25.7 Å². The molecule has 7 nitrogen and oxygen atoms in total. The number of aliphatic hydroxyl groups is 2. The third kappa shape index (κ3) is 6.19. The minimum Gasteiger partial charge on any atom is -0.508 e. The maximum absolute atomic E-state index is 10.5. The van der Waals surface area contributed by atoms with Gasteiger partial charge in [0.15, 0.2) is 0 Å². The monoisotopic (exact) mass is 406 g/mol. The number of aliphatic hydroxyl groups excluding tert-OH is 2. The molecule has 160 valence electrons. The molecule has 2 aliphatic carbocycles. The quantitative estimate of drug-likeness (QED) is 0.348. The minimum absolute atomic E-state index is 0.0142. The van der Waals surface area contributed by atoms with Gasteiger partial charge in [-0.1, -0.05) is 18.2 Å². The first-order valence-corrected chi connectivity index (χ1v) is 10.2. The predicted octanol–water partition coefficient (Wildman–Crippen LogP) is 2.20. The minimum atomic E-state index is -0.951. The lowest BCUT2D eigenvalue weighted by Crippen LogP contribution is -2.20. The van der Waals surface area contributed by atoms with Crippen LogP contribution in [-0.4, -0.2) is 58.4 Å². The molecule has 6 atom stereocenters. The van der Waals surface area contributed by atoms with Gasteiger partial charge in [0.1, 0.15) is 30.8 Å². The normalized spacial score (nSPS) is 29.8. The Morgan fingerprint density at radius 2 is 2.10 bits per heavy atom. The zero-order valence-electron chi connectivity index (χ0n) is 16.4. The number of ether oxygens (including phenoxy) is 2. The molecule has 7 heteroatoms. The Labute approximate surface area is 170 Å². The van der Waals surface area contributed by atoms with E-state index in [1.807, 2.05) is 6.08 Å². The average molecular weight is 406 g/mol. The summed E-state index contributed by atoms with van der Waals surface area (Å²) < 4.78 is 10.6. The zero-order chi connectivity index (χ0) is 20.8. The van der Waals surface area contributed by atoms with Gasteiger partial charge in [-0.05, 0) is 55.6 Å². The predicted molar refractivity (Wildman–Crippen MR) is 106 cm³/mol. The van der Waals surface area contributed by atoms with Gasteiger partial charge in [-0.25, -0.2) is 4.79 Å². The molecule has 0 amide bonds. The van der Waals surface area contributed by atoms with Gasteiger partial charge in [0.2, 0.25) is 0 Å². The van der Waals surface area contributed by atoms with E-state index < -0.39 is 18.2 Å². The fourth-order valence-electron chi connectivity index (χ4n) is 4.75. The van der Waals surface area contributed by atoms with Gasteiger partial charge in [0.05, 0.1) is 6.10 Å². The van der Waals surface area contributed by atoms with Crippen LogP contribution in [0.1, 0.15) is 25.7 Å². The SMILES string of the molecule is O=C(O)COCCC1C[C@H]2C[C@@H](O)[C@H](C=CC(O)COc3cccc(O)c3)[C@@H]2C1. The maximum atomic E-state index is 10.5. The lowest BCUT2D eigenvalue weighted by atomic mass is 9.89. The Kier molecular flexibility index (Phi) is 7.52. The first-order chi connectivity index (χ1) is 13.9. The summed E-state index contributed by atoms with van der Waals surface area (Å²) in [5.41, 5.74) is 0. The average Bonchev–Trinajstić information content (AvgIpc) is 3.18. The first-order valence-electron chi connectivity index (χ1n) is 10.2. The number of hydrogen-bond acceptors (Lipinski definition) is 6. The van der Waals surface area contributed by atoms with E-state index in [-0.39, 0.29) is 24.9 Å². The zero-order valence-corrected chi connectivity index (χ0v) is 16.4. The summed E-state index contributed by atoms with van der Waals surface area (Å²) in [6, 6.07) is 6.42. The van der Waals surface area contributed by atoms with Crippen LogP contribution in [0, 0.1) is 23.7 Å². The number of benzene rings is 1.